The van der Waals surface area contributed by atoms with E-state index in [9.17, 15) is 9.59 Å². The normalized spacial score (nSPS) is 10.8. The maximum absolute atomic E-state index is 11.7. The van der Waals surface area contributed by atoms with Gasteiger partial charge in [0.05, 0.1) is 6.54 Å². The maximum atomic E-state index is 11.7. The molecule has 1 rings (SSSR count). The third-order valence-electron chi connectivity index (χ3n) is 2.79. The number of carbonyl (C=O) groups excluding carboxylic acids is 2. The van der Waals surface area contributed by atoms with Crippen molar-refractivity contribution in [3.63, 3.8) is 0 Å². The van der Waals surface area contributed by atoms with E-state index in [2.05, 4.69) is 19.3 Å². The number of nitrogens with two attached hydrogens (primary N) is 2. The van der Waals surface area contributed by atoms with E-state index in [-0.39, 0.29) is 18.4 Å². The number of benzene rings is 1. The van der Waals surface area contributed by atoms with Gasteiger partial charge in [0.25, 0.3) is 5.91 Å². The minimum absolute atomic E-state index is 0.163. The van der Waals surface area contributed by atoms with Crippen LogP contribution >= 0.6 is 0 Å². The SMILES string of the molecule is CC(C)CN(CC(N)=O)Cc1ccccc1C(=O)NN. The van der Waals surface area contributed by atoms with Gasteiger partial charge in [-0.1, -0.05) is 32.0 Å². The quantitative estimate of drug-likeness (QED) is 0.377. The van der Waals surface area contributed by atoms with Crippen LogP contribution in [0.1, 0.15) is 29.8 Å². The lowest BCUT2D eigenvalue weighted by molar-refractivity contribution is -0.119. The Labute approximate surface area is 119 Å². The first-order chi connectivity index (χ1) is 9.43. The molecule has 0 aliphatic heterocycles. The van der Waals surface area contributed by atoms with E-state index in [1.165, 1.54) is 0 Å². The number of primary amides is 1. The Hall–Kier alpha value is -1.92. The van der Waals surface area contributed by atoms with Crippen molar-refractivity contribution in [1.29, 1.82) is 0 Å². The van der Waals surface area contributed by atoms with Gasteiger partial charge in [-0.3, -0.25) is 19.9 Å². The second-order valence-corrected chi connectivity index (χ2v) is 5.16. The van der Waals surface area contributed by atoms with Crippen molar-refractivity contribution in [2.45, 2.75) is 20.4 Å². The fourth-order valence-corrected chi connectivity index (χ4v) is 2.12. The number of nitrogens with zero attached hydrogens (tertiary/aromatic N) is 1. The van der Waals surface area contributed by atoms with Gasteiger partial charge in [0.15, 0.2) is 0 Å². The number of rotatable bonds is 7. The van der Waals surface area contributed by atoms with Gasteiger partial charge in [-0.15, -0.1) is 0 Å². The van der Waals surface area contributed by atoms with Gasteiger partial charge in [0.2, 0.25) is 5.91 Å². The monoisotopic (exact) mass is 278 g/mol. The molecule has 1 aromatic carbocycles. The van der Waals surface area contributed by atoms with Crippen molar-refractivity contribution in [2.75, 3.05) is 13.1 Å². The molecule has 0 bridgehead atoms. The Morgan fingerprint density at radius 1 is 1.30 bits per heavy atom. The lowest BCUT2D eigenvalue weighted by atomic mass is 10.1. The molecule has 0 aliphatic rings. The van der Waals surface area contributed by atoms with E-state index < -0.39 is 0 Å². The van der Waals surface area contributed by atoms with Crippen LogP contribution in [0.15, 0.2) is 24.3 Å². The molecule has 0 unspecified atom stereocenters. The summed E-state index contributed by atoms with van der Waals surface area (Å²) in [7, 11) is 0. The molecule has 2 amide bonds. The van der Waals surface area contributed by atoms with Crippen LogP contribution in [0.5, 0.6) is 0 Å². The minimum Gasteiger partial charge on any atom is -0.369 e. The number of amides is 2. The van der Waals surface area contributed by atoms with E-state index in [0.29, 0.717) is 18.0 Å². The van der Waals surface area contributed by atoms with Crippen molar-refractivity contribution in [2.24, 2.45) is 17.5 Å². The van der Waals surface area contributed by atoms with Crippen molar-refractivity contribution in [1.82, 2.24) is 10.3 Å². The molecule has 0 spiro atoms. The van der Waals surface area contributed by atoms with Crippen LogP contribution in [-0.4, -0.2) is 29.8 Å². The van der Waals surface area contributed by atoms with E-state index in [4.69, 9.17) is 11.6 Å². The molecule has 1 aromatic rings. The first-order valence-electron chi connectivity index (χ1n) is 6.53. The lowest BCUT2D eigenvalue weighted by Crippen LogP contribution is -2.37. The molecule has 20 heavy (non-hydrogen) atoms. The Balaban J connectivity index is 2.92. The molecule has 0 aliphatic carbocycles. The lowest BCUT2D eigenvalue weighted by Gasteiger charge is -2.23. The van der Waals surface area contributed by atoms with Crippen LogP contribution in [0.3, 0.4) is 0 Å². The fourth-order valence-electron chi connectivity index (χ4n) is 2.12. The molecule has 0 aromatic heterocycles. The Kier molecular flexibility index (Phi) is 6.14. The van der Waals surface area contributed by atoms with Crippen LogP contribution in [0.2, 0.25) is 0 Å². The van der Waals surface area contributed by atoms with Gasteiger partial charge in [-0.2, -0.15) is 0 Å². The van der Waals surface area contributed by atoms with Crippen LogP contribution in [0.4, 0.5) is 0 Å². The summed E-state index contributed by atoms with van der Waals surface area (Å²) in [5.41, 5.74) is 8.72. The Morgan fingerprint density at radius 3 is 2.50 bits per heavy atom. The summed E-state index contributed by atoms with van der Waals surface area (Å²) in [5.74, 6) is 4.85. The Morgan fingerprint density at radius 2 is 1.95 bits per heavy atom. The van der Waals surface area contributed by atoms with Crippen LogP contribution < -0.4 is 17.0 Å². The van der Waals surface area contributed by atoms with Gasteiger partial charge in [-0.05, 0) is 17.5 Å². The van der Waals surface area contributed by atoms with Crippen molar-refractivity contribution in [3.8, 4) is 0 Å². The van der Waals surface area contributed by atoms with E-state index >= 15 is 0 Å². The fraction of sp³-hybridized carbons (Fsp3) is 0.429. The zero-order chi connectivity index (χ0) is 15.1. The summed E-state index contributed by atoms with van der Waals surface area (Å²) in [6.45, 7) is 5.49. The predicted octanol–water partition coefficient (Wildman–Crippen LogP) is 0.233. The second-order valence-electron chi connectivity index (χ2n) is 5.16. The zero-order valence-corrected chi connectivity index (χ0v) is 11.9. The highest BCUT2D eigenvalue weighted by Crippen LogP contribution is 2.13. The highest BCUT2D eigenvalue weighted by molar-refractivity contribution is 5.95. The zero-order valence-electron chi connectivity index (χ0n) is 11.9. The van der Waals surface area contributed by atoms with Gasteiger partial charge >= 0.3 is 0 Å². The van der Waals surface area contributed by atoms with Gasteiger partial charge in [-0.25, -0.2) is 5.84 Å². The molecule has 5 N–H and O–H groups in total. The number of nitrogens with one attached hydrogen (secondary N) is 1. The standard InChI is InChI=1S/C14H22N4O2/c1-10(2)7-18(9-13(15)19)8-11-5-3-4-6-12(11)14(20)17-16/h3-6,10H,7-9,16H2,1-2H3,(H2,15,19)(H,17,20). The topological polar surface area (TPSA) is 101 Å². The van der Waals surface area contributed by atoms with Crippen LogP contribution in [-0.2, 0) is 11.3 Å². The van der Waals surface area contributed by atoms with Gasteiger partial charge in [0, 0.05) is 18.7 Å². The van der Waals surface area contributed by atoms with Crippen LogP contribution in [0, 0.1) is 5.92 Å². The van der Waals surface area contributed by atoms with Crippen molar-refractivity contribution in [3.05, 3.63) is 35.4 Å². The molecule has 0 radical (unpaired) electrons. The van der Waals surface area contributed by atoms with Gasteiger partial charge in [0.1, 0.15) is 0 Å². The molecule has 0 heterocycles. The highest BCUT2D eigenvalue weighted by atomic mass is 16.2. The maximum Gasteiger partial charge on any atom is 0.265 e. The molecule has 0 saturated carbocycles. The predicted molar refractivity (Wildman–Crippen MR) is 77.4 cm³/mol. The minimum atomic E-state index is -0.383. The highest BCUT2D eigenvalue weighted by Gasteiger charge is 2.15. The largest absolute Gasteiger partial charge is 0.369 e. The van der Waals surface area contributed by atoms with E-state index in [1.807, 2.05) is 17.0 Å². The van der Waals surface area contributed by atoms with Crippen molar-refractivity contribution < 1.29 is 9.59 Å². The van der Waals surface area contributed by atoms with E-state index in [0.717, 1.165) is 12.1 Å². The average molecular weight is 278 g/mol. The van der Waals surface area contributed by atoms with Gasteiger partial charge < -0.3 is 5.73 Å². The number of nitrogen functional groups attached to an aromatic ring is 1. The summed E-state index contributed by atoms with van der Waals surface area (Å²) in [4.78, 5) is 24.8. The molecule has 6 nitrogen and oxygen atoms in total. The first-order valence-corrected chi connectivity index (χ1v) is 6.53. The molecule has 6 heteroatoms. The van der Waals surface area contributed by atoms with E-state index in [1.54, 1.807) is 12.1 Å². The summed E-state index contributed by atoms with van der Waals surface area (Å²) < 4.78 is 0. The summed E-state index contributed by atoms with van der Waals surface area (Å²) in [6.07, 6.45) is 0. The number of carbonyl (C=O) groups is 2. The molecule has 110 valence electrons. The molecule has 0 saturated heterocycles. The average Bonchev–Trinajstić information content (AvgIpc) is 2.37. The number of hydrogen-bond acceptors (Lipinski definition) is 4. The first kappa shape index (κ1) is 16.1. The molecular weight excluding hydrogens is 256 g/mol. The second kappa shape index (κ2) is 7.62. The van der Waals surface area contributed by atoms with Crippen molar-refractivity contribution >= 4 is 11.8 Å². The van der Waals surface area contributed by atoms with Crippen LogP contribution in [0.25, 0.3) is 0 Å². The molecule has 0 atom stereocenters. The number of hydrogen-bond donors (Lipinski definition) is 3. The summed E-state index contributed by atoms with van der Waals surface area (Å²) in [5, 5.41) is 0. The third kappa shape index (κ3) is 4.99. The third-order valence-corrected chi connectivity index (χ3v) is 2.79. The Bertz CT molecular complexity index is 474. The smallest absolute Gasteiger partial charge is 0.265 e. The molecule has 0 fully saturated rings. The number of hydrazine groups is 1. The summed E-state index contributed by atoms with van der Waals surface area (Å²) >= 11 is 0. The molecular formula is C14H22N4O2. The summed E-state index contributed by atoms with van der Waals surface area (Å²) in [6, 6.07) is 7.17.